The van der Waals surface area contributed by atoms with E-state index in [-0.39, 0.29) is 5.91 Å². The second-order valence-electron chi connectivity index (χ2n) is 6.06. The minimum absolute atomic E-state index is 0.138. The lowest BCUT2D eigenvalue weighted by Crippen LogP contribution is -2.24. The van der Waals surface area contributed by atoms with Gasteiger partial charge in [0.2, 0.25) is 11.8 Å². The van der Waals surface area contributed by atoms with Gasteiger partial charge >= 0.3 is 6.09 Å². The lowest BCUT2D eigenvalue weighted by molar-refractivity contribution is -0.128. The summed E-state index contributed by atoms with van der Waals surface area (Å²) in [4.78, 5) is 33.0. The number of carbonyl (C=O) groups is 2. The number of hydrogen-bond donors (Lipinski definition) is 1. The molecule has 3 heterocycles. The van der Waals surface area contributed by atoms with Crippen molar-refractivity contribution in [1.82, 2.24) is 19.4 Å². The Morgan fingerprint density at radius 1 is 1.23 bits per heavy atom. The van der Waals surface area contributed by atoms with E-state index in [2.05, 4.69) is 9.97 Å². The number of fused-ring (bicyclic) bond motifs is 1. The first-order valence-corrected chi connectivity index (χ1v) is 8.21. The van der Waals surface area contributed by atoms with Gasteiger partial charge in [0, 0.05) is 30.6 Å². The van der Waals surface area contributed by atoms with Crippen LogP contribution in [0.4, 0.5) is 4.79 Å². The highest BCUT2D eigenvalue weighted by molar-refractivity contribution is 5.89. The fourth-order valence-corrected chi connectivity index (χ4v) is 3.06. The van der Waals surface area contributed by atoms with Gasteiger partial charge in [0.05, 0.1) is 17.8 Å². The molecule has 0 saturated carbocycles. The highest BCUT2D eigenvalue weighted by Crippen LogP contribution is 2.26. The summed E-state index contributed by atoms with van der Waals surface area (Å²) in [6, 6.07) is 8.54. The molecule has 3 aromatic rings. The van der Waals surface area contributed by atoms with Crippen LogP contribution in [0.3, 0.4) is 0 Å². The van der Waals surface area contributed by atoms with Crippen molar-refractivity contribution >= 4 is 22.9 Å². The van der Waals surface area contributed by atoms with E-state index in [1.54, 1.807) is 35.2 Å². The molecule has 1 saturated heterocycles. The molecule has 2 aromatic heterocycles. The lowest BCUT2D eigenvalue weighted by atomic mass is 10.2. The third kappa shape index (κ3) is 3.08. The van der Waals surface area contributed by atoms with Crippen LogP contribution >= 0.6 is 0 Å². The smallest absolute Gasteiger partial charge is 0.415 e. The van der Waals surface area contributed by atoms with Gasteiger partial charge in [-0.05, 0) is 30.7 Å². The summed E-state index contributed by atoms with van der Waals surface area (Å²) < 4.78 is 6.92. The van der Waals surface area contributed by atoms with Gasteiger partial charge < -0.3 is 14.7 Å². The molecule has 1 aliphatic heterocycles. The number of hydrogen-bond acceptors (Lipinski definition) is 5. The second kappa shape index (κ2) is 6.47. The number of ether oxygens (including phenoxy) is 1. The van der Waals surface area contributed by atoms with Crippen LogP contribution in [0.25, 0.3) is 10.9 Å². The molecule has 1 aliphatic rings. The van der Waals surface area contributed by atoms with Gasteiger partial charge in [-0.1, -0.05) is 0 Å². The molecule has 0 spiro atoms. The Morgan fingerprint density at radius 2 is 2.12 bits per heavy atom. The van der Waals surface area contributed by atoms with Crippen LogP contribution in [0.2, 0.25) is 0 Å². The van der Waals surface area contributed by atoms with Crippen molar-refractivity contribution in [2.45, 2.75) is 19.4 Å². The van der Waals surface area contributed by atoms with Crippen LogP contribution < -0.4 is 4.74 Å². The van der Waals surface area contributed by atoms with Crippen molar-refractivity contribution in [3.8, 4) is 11.6 Å². The maximum atomic E-state index is 11.7. The summed E-state index contributed by atoms with van der Waals surface area (Å²) in [5.74, 6) is 1.06. The predicted molar refractivity (Wildman–Crippen MR) is 92.1 cm³/mol. The van der Waals surface area contributed by atoms with E-state index in [1.165, 1.54) is 12.5 Å². The number of nitrogens with zero attached hydrogens (tertiary/aromatic N) is 4. The van der Waals surface area contributed by atoms with Crippen molar-refractivity contribution in [2.75, 3.05) is 6.54 Å². The van der Waals surface area contributed by atoms with E-state index >= 15 is 0 Å². The van der Waals surface area contributed by atoms with E-state index in [4.69, 9.17) is 9.84 Å². The summed E-state index contributed by atoms with van der Waals surface area (Å²) in [6.07, 6.45) is 3.33. The molecule has 1 fully saturated rings. The van der Waals surface area contributed by atoms with E-state index in [1.807, 2.05) is 0 Å². The van der Waals surface area contributed by atoms with E-state index in [0.717, 1.165) is 22.9 Å². The van der Waals surface area contributed by atoms with Gasteiger partial charge in [0.25, 0.3) is 0 Å². The van der Waals surface area contributed by atoms with Gasteiger partial charge in [-0.25, -0.2) is 14.8 Å². The van der Waals surface area contributed by atoms with Gasteiger partial charge in [0.1, 0.15) is 12.1 Å². The lowest BCUT2D eigenvalue weighted by Gasteiger charge is -2.15. The molecule has 0 radical (unpaired) electrons. The van der Waals surface area contributed by atoms with Crippen molar-refractivity contribution in [3.63, 3.8) is 0 Å². The summed E-state index contributed by atoms with van der Waals surface area (Å²) in [5, 5.41) is 9.88. The fourth-order valence-electron chi connectivity index (χ4n) is 3.06. The van der Waals surface area contributed by atoms with Crippen LogP contribution in [0.1, 0.15) is 18.5 Å². The average Bonchev–Trinajstić information content (AvgIpc) is 3.21. The summed E-state index contributed by atoms with van der Waals surface area (Å²) in [5.41, 5.74) is 1.30. The Morgan fingerprint density at radius 3 is 2.88 bits per heavy atom. The zero-order valence-electron chi connectivity index (χ0n) is 13.8. The highest BCUT2D eigenvalue weighted by atomic mass is 16.5. The maximum absolute atomic E-state index is 11.7. The second-order valence-corrected chi connectivity index (χ2v) is 6.06. The Bertz CT molecular complexity index is 998. The standard InChI is InChI=1S/C18H16N4O4/c23-17-2-1-6-21(17)10-13-9-16(20-11-19-13)26-14-3-4-15-12(8-14)5-7-22(15)18(24)25/h3-5,7-9,11H,1-2,6,10H2,(H,24,25). The zero-order valence-corrected chi connectivity index (χ0v) is 13.8. The zero-order chi connectivity index (χ0) is 18.1. The highest BCUT2D eigenvalue weighted by Gasteiger charge is 2.20. The topological polar surface area (TPSA) is 97.5 Å². The predicted octanol–water partition coefficient (Wildman–Crippen LogP) is 2.87. The van der Waals surface area contributed by atoms with Crippen molar-refractivity contribution < 1.29 is 19.4 Å². The molecule has 26 heavy (non-hydrogen) atoms. The van der Waals surface area contributed by atoms with Gasteiger partial charge in [-0.3, -0.25) is 9.36 Å². The SMILES string of the molecule is O=C1CCCN1Cc1cc(Oc2ccc3c(ccn3C(=O)O)c2)ncn1. The number of benzene rings is 1. The van der Waals surface area contributed by atoms with Crippen LogP contribution in [0.15, 0.2) is 42.9 Å². The van der Waals surface area contributed by atoms with E-state index in [9.17, 15) is 9.59 Å². The molecular formula is C18H16N4O4. The van der Waals surface area contributed by atoms with Gasteiger partial charge in [-0.2, -0.15) is 0 Å². The first kappa shape index (κ1) is 16.1. The van der Waals surface area contributed by atoms with Crippen molar-refractivity contribution in [2.24, 2.45) is 0 Å². The number of carboxylic acid groups (broad SMARTS) is 1. The summed E-state index contributed by atoms with van der Waals surface area (Å²) >= 11 is 0. The number of likely N-dealkylation sites (tertiary alicyclic amines) is 1. The largest absolute Gasteiger partial charge is 0.464 e. The first-order valence-electron chi connectivity index (χ1n) is 8.21. The molecule has 0 unspecified atom stereocenters. The molecule has 8 nitrogen and oxygen atoms in total. The molecule has 8 heteroatoms. The van der Waals surface area contributed by atoms with Crippen LogP contribution in [-0.4, -0.2) is 43.1 Å². The number of carbonyl (C=O) groups excluding carboxylic acids is 1. The molecule has 4 rings (SSSR count). The number of amides is 1. The normalized spacial score (nSPS) is 14.2. The maximum Gasteiger partial charge on any atom is 0.415 e. The fraction of sp³-hybridized carbons (Fsp3) is 0.222. The summed E-state index contributed by atoms with van der Waals surface area (Å²) in [7, 11) is 0. The van der Waals surface area contributed by atoms with Gasteiger partial charge in [-0.15, -0.1) is 0 Å². The number of rotatable bonds is 4. The van der Waals surface area contributed by atoms with Crippen LogP contribution in [0.5, 0.6) is 11.6 Å². The minimum Gasteiger partial charge on any atom is -0.464 e. The Hall–Kier alpha value is -3.42. The molecule has 1 amide bonds. The molecule has 1 N–H and O–H groups in total. The Kier molecular flexibility index (Phi) is 4.00. The third-order valence-corrected chi connectivity index (χ3v) is 4.31. The van der Waals surface area contributed by atoms with E-state index in [0.29, 0.717) is 35.8 Å². The van der Waals surface area contributed by atoms with Gasteiger partial charge in [0.15, 0.2) is 0 Å². The Labute approximate surface area is 148 Å². The van der Waals surface area contributed by atoms with Crippen molar-refractivity contribution in [3.05, 3.63) is 48.5 Å². The third-order valence-electron chi connectivity index (χ3n) is 4.31. The van der Waals surface area contributed by atoms with Crippen molar-refractivity contribution in [1.29, 1.82) is 0 Å². The quantitative estimate of drug-likeness (QED) is 0.775. The molecule has 0 bridgehead atoms. The van der Waals surface area contributed by atoms with Crippen LogP contribution in [-0.2, 0) is 11.3 Å². The molecule has 0 aliphatic carbocycles. The molecule has 0 atom stereocenters. The first-order chi connectivity index (χ1) is 12.6. The van der Waals surface area contributed by atoms with Crippen LogP contribution in [0, 0.1) is 0 Å². The Balaban J connectivity index is 1.53. The number of aromatic nitrogens is 3. The molecule has 132 valence electrons. The monoisotopic (exact) mass is 352 g/mol. The molecule has 1 aromatic carbocycles. The molecular weight excluding hydrogens is 336 g/mol. The summed E-state index contributed by atoms with van der Waals surface area (Å²) in [6.45, 7) is 1.19. The average molecular weight is 352 g/mol. The van der Waals surface area contributed by atoms with E-state index < -0.39 is 6.09 Å². The minimum atomic E-state index is -1.04.